The number of oxazole rings is 1. The van der Waals surface area contributed by atoms with Crippen molar-refractivity contribution in [3.8, 4) is 11.5 Å². The average molecular weight is 419 g/mol. The SMILES string of the molecule is CN=C(NCc1coc(-c2ccc(C)cc2)n1)NC1CCN(Cc2ccccn2)CC1. The van der Waals surface area contributed by atoms with Crippen molar-refractivity contribution in [3.63, 3.8) is 0 Å². The van der Waals surface area contributed by atoms with Crippen LogP contribution in [-0.4, -0.2) is 47.0 Å². The Bertz CT molecular complexity index is 975. The van der Waals surface area contributed by atoms with Gasteiger partial charge in [0.1, 0.15) is 6.26 Å². The summed E-state index contributed by atoms with van der Waals surface area (Å²) in [6.45, 7) is 5.64. The van der Waals surface area contributed by atoms with Crippen LogP contribution in [0, 0.1) is 6.92 Å². The fraction of sp³-hybridized carbons (Fsp3) is 0.375. The molecule has 1 fully saturated rings. The zero-order valence-corrected chi connectivity index (χ0v) is 18.2. The molecular formula is C24H30N6O. The second-order valence-electron chi connectivity index (χ2n) is 7.95. The maximum absolute atomic E-state index is 5.65. The van der Waals surface area contributed by atoms with Gasteiger partial charge in [0.2, 0.25) is 5.89 Å². The van der Waals surface area contributed by atoms with Crippen LogP contribution in [0.3, 0.4) is 0 Å². The normalized spacial score (nSPS) is 15.7. The lowest BCUT2D eigenvalue weighted by atomic mass is 10.0. The monoisotopic (exact) mass is 418 g/mol. The molecule has 1 saturated heterocycles. The Balaban J connectivity index is 1.23. The van der Waals surface area contributed by atoms with E-state index in [0.717, 1.165) is 55.4 Å². The number of aromatic nitrogens is 2. The van der Waals surface area contributed by atoms with E-state index < -0.39 is 0 Å². The molecule has 31 heavy (non-hydrogen) atoms. The van der Waals surface area contributed by atoms with Gasteiger partial charge in [-0.25, -0.2) is 4.98 Å². The highest BCUT2D eigenvalue weighted by molar-refractivity contribution is 5.79. The summed E-state index contributed by atoms with van der Waals surface area (Å²) in [4.78, 5) is 15.8. The van der Waals surface area contributed by atoms with Gasteiger partial charge in [0.25, 0.3) is 0 Å². The number of guanidine groups is 1. The van der Waals surface area contributed by atoms with Crippen molar-refractivity contribution >= 4 is 5.96 Å². The van der Waals surface area contributed by atoms with Crippen molar-refractivity contribution in [1.29, 1.82) is 0 Å². The third-order valence-corrected chi connectivity index (χ3v) is 5.55. The van der Waals surface area contributed by atoms with Crippen molar-refractivity contribution in [2.45, 2.75) is 38.9 Å². The summed E-state index contributed by atoms with van der Waals surface area (Å²) in [6, 6.07) is 14.7. The fourth-order valence-corrected chi connectivity index (χ4v) is 3.74. The first-order chi connectivity index (χ1) is 15.2. The van der Waals surface area contributed by atoms with Crippen molar-refractivity contribution in [1.82, 2.24) is 25.5 Å². The van der Waals surface area contributed by atoms with Crippen LogP contribution in [0.25, 0.3) is 11.5 Å². The third-order valence-electron chi connectivity index (χ3n) is 5.55. The quantitative estimate of drug-likeness (QED) is 0.472. The standard InChI is InChI=1S/C24H30N6O/c1-18-6-8-19(9-7-18)23-28-22(17-31-23)15-27-24(25-2)29-20-10-13-30(14-11-20)16-21-5-3-4-12-26-21/h3-9,12,17,20H,10-11,13-16H2,1-2H3,(H2,25,27,29). The van der Waals surface area contributed by atoms with Crippen molar-refractivity contribution < 1.29 is 4.42 Å². The molecule has 1 aromatic carbocycles. The fourth-order valence-electron chi connectivity index (χ4n) is 3.74. The highest BCUT2D eigenvalue weighted by atomic mass is 16.3. The Morgan fingerprint density at radius 2 is 1.94 bits per heavy atom. The van der Waals surface area contributed by atoms with Gasteiger partial charge < -0.3 is 15.1 Å². The Kier molecular flexibility index (Phi) is 6.94. The van der Waals surface area contributed by atoms with E-state index in [4.69, 9.17) is 4.42 Å². The number of piperidine rings is 1. The van der Waals surface area contributed by atoms with Crippen LogP contribution in [-0.2, 0) is 13.1 Å². The smallest absolute Gasteiger partial charge is 0.226 e. The van der Waals surface area contributed by atoms with Crippen LogP contribution >= 0.6 is 0 Å². The Labute approximate surface area is 183 Å². The first-order valence-corrected chi connectivity index (χ1v) is 10.8. The minimum Gasteiger partial charge on any atom is -0.444 e. The summed E-state index contributed by atoms with van der Waals surface area (Å²) >= 11 is 0. The lowest BCUT2D eigenvalue weighted by Gasteiger charge is -2.32. The topological polar surface area (TPSA) is 78.6 Å². The van der Waals surface area contributed by atoms with Crippen LogP contribution in [0.15, 0.2) is 64.3 Å². The number of aryl methyl sites for hydroxylation is 1. The summed E-state index contributed by atoms with van der Waals surface area (Å²) in [5, 5.41) is 6.89. The molecule has 7 heteroatoms. The van der Waals surface area contributed by atoms with E-state index in [1.54, 1.807) is 13.3 Å². The summed E-state index contributed by atoms with van der Waals surface area (Å²) in [5.74, 6) is 1.43. The number of rotatable bonds is 6. The zero-order chi connectivity index (χ0) is 21.5. The van der Waals surface area contributed by atoms with Crippen molar-refractivity contribution in [3.05, 3.63) is 71.9 Å². The second-order valence-corrected chi connectivity index (χ2v) is 7.95. The van der Waals surface area contributed by atoms with E-state index in [2.05, 4.69) is 55.6 Å². The average Bonchev–Trinajstić information content (AvgIpc) is 3.28. The van der Waals surface area contributed by atoms with E-state index in [1.165, 1.54) is 5.56 Å². The maximum Gasteiger partial charge on any atom is 0.226 e. The number of benzene rings is 1. The molecule has 0 amide bonds. The lowest BCUT2D eigenvalue weighted by molar-refractivity contribution is 0.196. The molecule has 7 nitrogen and oxygen atoms in total. The molecule has 0 unspecified atom stereocenters. The number of nitrogens with zero attached hydrogens (tertiary/aromatic N) is 4. The molecule has 0 bridgehead atoms. The minimum atomic E-state index is 0.409. The second kappa shape index (κ2) is 10.2. The molecule has 0 radical (unpaired) electrons. The number of hydrogen-bond donors (Lipinski definition) is 2. The number of aliphatic imine (C=N–C) groups is 1. The van der Waals surface area contributed by atoms with Gasteiger partial charge in [-0.15, -0.1) is 0 Å². The zero-order valence-electron chi connectivity index (χ0n) is 18.2. The summed E-state index contributed by atoms with van der Waals surface area (Å²) in [6.07, 6.45) is 5.72. The largest absolute Gasteiger partial charge is 0.444 e. The number of nitrogens with one attached hydrogen (secondary N) is 2. The van der Waals surface area contributed by atoms with Gasteiger partial charge in [-0.3, -0.25) is 14.9 Å². The Morgan fingerprint density at radius 3 is 2.65 bits per heavy atom. The number of likely N-dealkylation sites (tertiary alicyclic amines) is 1. The summed E-state index contributed by atoms with van der Waals surface area (Å²) < 4.78 is 5.65. The lowest BCUT2D eigenvalue weighted by Crippen LogP contribution is -2.48. The molecule has 162 valence electrons. The predicted octanol–water partition coefficient (Wildman–Crippen LogP) is 3.37. The number of hydrogen-bond acceptors (Lipinski definition) is 5. The Hall–Kier alpha value is -3.19. The molecule has 2 aromatic heterocycles. The van der Waals surface area contributed by atoms with E-state index in [1.807, 2.05) is 30.5 Å². The maximum atomic E-state index is 5.65. The van der Waals surface area contributed by atoms with E-state index in [0.29, 0.717) is 18.5 Å². The van der Waals surface area contributed by atoms with Crippen LogP contribution < -0.4 is 10.6 Å². The van der Waals surface area contributed by atoms with Gasteiger partial charge in [0, 0.05) is 44.5 Å². The predicted molar refractivity (Wildman–Crippen MR) is 123 cm³/mol. The van der Waals surface area contributed by atoms with E-state index in [-0.39, 0.29) is 0 Å². The van der Waals surface area contributed by atoms with Gasteiger partial charge in [0.15, 0.2) is 5.96 Å². The first-order valence-electron chi connectivity index (χ1n) is 10.8. The summed E-state index contributed by atoms with van der Waals surface area (Å²) in [5.41, 5.74) is 4.18. The molecule has 2 N–H and O–H groups in total. The molecule has 0 aliphatic carbocycles. The molecule has 1 aliphatic rings. The van der Waals surface area contributed by atoms with Gasteiger partial charge in [-0.2, -0.15) is 0 Å². The van der Waals surface area contributed by atoms with Crippen LogP contribution in [0.5, 0.6) is 0 Å². The molecule has 0 atom stereocenters. The molecule has 0 saturated carbocycles. The summed E-state index contributed by atoms with van der Waals surface area (Å²) in [7, 11) is 1.80. The van der Waals surface area contributed by atoms with Gasteiger partial charge in [0.05, 0.1) is 17.9 Å². The first kappa shape index (κ1) is 21.1. The van der Waals surface area contributed by atoms with Gasteiger partial charge >= 0.3 is 0 Å². The third kappa shape index (κ3) is 5.92. The molecule has 3 aromatic rings. The molecule has 0 spiro atoms. The minimum absolute atomic E-state index is 0.409. The Morgan fingerprint density at radius 1 is 1.13 bits per heavy atom. The highest BCUT2D eigenvalue weighted by Crippen LogP contribution is 2.19. The van der Waals surface area contributed by atoms with Crippen LogP contribution in [0.4, 0.5) is 0 Å². The van der Waals surface area contributed by atoms with Gasteiger partial charge in [-0.05, 0) is 44.0 Å². The highest BCUT2D eigenvalue weighted by Gasteiger charge is 2.20. The molecule has 3 heterocycles. The number of pyridine rings is 1. The van der Waals surface area contributed by atoms with E-state index in [9.17, 15) is 0 Å². The van der Waals surface area contributed by atoms with Crippen molar-refractivity contribution in [2.75, 3.05) is 20.1 Å². The molecule has 4 rings (SSSR count). The van der Waals surface area contributed by atoms with Crippen LogP contribution in [0.1, 0.15) is 29.8 Å². The molecular weight excluding hydrogens is 388 g/mol. The van der Waals surface area contributed by atoms with E-state index >= 15 is 0 Å². The van der Waals surface area contributed by atoms with Crippen molar-refractivity contribution in [2.24, 2.45) is 4.99 Å². The van der Waals surface area contributed by atoms with Gasteiger partial charge in [-0.1, -0.05) is 23.8 Å². The molecule has 1 aliphatic heterocycles. The van der Waals surface area contributed by atoms with Crippen LogP contribution in [0.2, 0.25) is 0 Å².